The first kappa shape index (κ1) is 19.8. The maximum atomic E-state index is 12.2. The van der Waals surface area contributed by atoms with Gasteiger partial charge < -0.3 is 15.3 Å². The second kappa shape index (κ2) is 8.72. The minimum absolute atomic E-state index is 0.0399. The van der Waals surface area contributed by atoms with Crippen LogP contribution in [-0.4, -0.2) is 55.0 Å². The number of carbonyl (C=O) groups is 1. The van der Waals surface area contributed by atoms with Gasteiger partial charge in [-0.05, 0) is 37.5 Å². The van der Waals surface area contributed by atoms with Crippen molar-refractivity contribution in [2.45, 2.75) is 25.8 Å². The maximum Gasteiger partial charge on any atom is 0.263 e. The predicted octanol–water partition coefficient (Wildman–Crippen LogP) is 0.967. The Morgan fingerprint density at radius 1 is 1.42 bits per heavy atom. The van der Waals surface area contributed by atoms with Gasteiger partial charge in [-0.1, -0.05) is 12.1 Å². The highest BCUT2D eigenvalue weighted by atomic mass is 32.2. The molecule has 0 saturated carbocycles. The summed E-state index contributed by atoms with van der Waals surface area (Å²) in [5, 5.41) is 21.2. The molecule has 7 nitrogen and oxygen atoms in total. The minimum Gasteiger partial charge on any atom is -0.508 e. The molecular formula is C18H23N3O4S. The largest absolute Gasteiger partial charge is 0.508 e. The van der Waals surface area contributed by atoms with Gasteiger partial charge in [0.2, 0.25) is 0 Å². The molecule has 140 valence electrons. The minimum atomic E-state index is -3.03. The van der Waals surface area contributed by atoms with Crippen LogP contribution in [0.25, 0.3) is 0 Å². The number of hydrogen-bond donors (Lipinski definition) is 2. The Morgan fingerprint density at radius 3 is 2.65 bits per heavy atom. The Labute approximate surface area is 153 Å². The maximum absolute atomic E-state index is 12.2. The average Bonchev–Trinajstić information content (AvgIpc) is 2.97. The zero-order chi connectivity index (χ0) is 19.2. The number of rotatable bonds is 7. The van der Waals surface area contributed by atoms with Gasteiger partial charge >= 0.3 is 0 Å². The molecule has 1 aromatic carbocycles. The lowest BCUT2D eigenvalue weighted by atomic mass is 10.1. The monoisotopic (exact) mass is 377 g/mol. The van der Waals surface area contributed by atoms with Gasteiger partial charge in [-0.25, -0.2) is 8.42 Å². The molecule has 0 aliphatic carbocycles. The number of nitriles is 1. The molecule has 1 aliphatic rings. The Bertz CT molecular complexity index is 810. The molecule has 1 saturated heterocycles. The van der Waals surface area contributed by atoms with Crippen LogP contribution in [0.4, 0.5) is 0 Å². The van der Waals surface area contributed by atoms with Crippen molar-refractivity contribution in [3.05, 3.63) is 41.6 Å². The van der Waals surface area contributed by atoms with Crippen LogP contribution in [0.1, 0.15) is 18.9 Å². The van der Waals surface area contributed by atoms with Crippen molar-refractivity contribution < 1.29 is 18.3 Å². The van der Waals surface area contributed by atoms with Gasteiger partial charge in [0.15, 0.2) is 9.84 Å². The number of sulfone groups is 1. The molecule has 2 N–H and O–H groups in total. The first-order valence-electron chi connectivity index (χ1n) is 8.49. The van der Waals surface area contributed by atoms with E-state index in [0.717, 1.165) is 5.56 Å². The van der Waals surface area contributed by atoms with Crippen LogP contribution in [0.2, 0.25) is 0 Å². The molecule has 8 heteroatoms. The standard InChI is InChI=1S/C18H23N3O4S/c1-2-21(16-8-10-26(24,25)13-16)12-15(11-19)18(23)20-9-7-14-3-5-17(22)6-4-14/h3-6,12,16,22H,2,7-10,13H2,1H3,(H,20,23)/b15-12-. The van der Waals surface area contributed by atoms with Crippen LogP contribution in [-0.2, 0) is 21.1 Å². The van der Waals surface area contributed by atoms with E-state index >= 15 is 0 Å². The smallest absolute Gasteiger partial charge is 0.263 e. The lowest BCUT2D eigenvalue weighted by molar-refractivity contribution is -0.117. The van der Waals surface area contributed by atoms with Crippen molar-refractivity contribution in [1.82, 2.24) is 10.2 Å². The molecule has 26 heavy (non-hydrogen) atoms. The Kier molecular flexibility index (Phi) is 6.64. The summed E-state index contributed by atoms with van der Waals surface area (Å²) in [5.74, 6) is -0.104. The first-order valence-corrected chi connectivity index (χ1v) is 10.3. The Morgan fingerprint density at radius 2 is 2.12 bits per heavy atom. The van der Waals surface area contributed by atoms with Crippen molar-refractivity contribution >= 4 is 15.7 Å². The summed E-state index contributed by atoms with van der Waals surface area (Å²) in [6.07, 6.45) is 2.54. The second-order valence-corrected chi connectivity index (χ2v) is 8.44. The van der Waals surface area contributed by atoms with Gasteiger partial charge in [0.05, 0.1) is 11.5 Å². The summed E-state index contributed by atoms with van der Waals surface area (Å²) in [5.41, 5.74) is 0.916. The van der Waals surface area contributed by atoms with E-state index in [1.165, 1.54) is 6.20 Å². The molecule has 1 fully saturated rings. The highest BCUT2D eigenvalue weighted by Crippen LogP contribution is 2.18. The summed E-state index contributed by atoms with van der Waals surface area (Å²) in [4.78, 5) is 14.0. The molecule has 1 aromatic rings. The Hall–Kier alpha value is -2.53. The van der Waals surface area contributed by atoms with Crippen molar-refractivity contribution in [3.63, 3.8) is 0 Å². The normalized spacial score (nSPS) is 18.9. The van der Waals surface area contributed by atoms with Crippen LogP contribution in [0.3, 0.4) is 0 Å². The fraction of sp³-hybridized carbons (Fsp3) is 0.444. The molecule has 0 spiro atoms. The molecule has 1 heterocycles. The highest BCUT2D eigenvalue weighted by Gasteiger charge is 2.31. The predicted molar refractivity (Wildman–Crippen MR) is 98.0 cm³/mol. The van der Waals surface area contributed by atoms with E-state index in [4.69, 9.17) is 0 Å². The highest BCUT2D eigenvalue weighted by molar-refractivity contribution is 7.91. The molecular weight excluding hydrogens is 354 g/mol. The second-order valence-electron chi connectivity index (χ2n) is 6.21. The number of benzene rings is 1. The van der Waals surface area contributed by atoms with E-state index in [1.54, 1.807) is 29.2 Å². The summed E-state index contributed by atoms with van der Waals surface area (Å²) in [6.45, 7) is 2.73. The summed E-state index contributed by atoms with van der Waals surface area (Å²) in [7, 11) is -3.03. The Balaban J connectivity index is 1.94. The quantitative estimate of drug-likeness (QED) is 0.541. The summed E-state index contributed by atoms with van der Waals surface area (Å²) >= 11 is 0. The zero-order valence-corrected chi connectivity index (χ0v) is 15.5. The van der Waals surface area contributed by atoms with Gasteiger partial charge in [-0.15, -0.1) is 0 Å². The molecule has 1 aliphatic heterocycles. The summed E-state index contributed by atoms with van der Waals surface area (Å²) < 4.78 is 23.3. The van der Waals surface area contributed by atoms with Crippen LogP contribution in [0.15, 0.2) is 36.0 Å². The van der Waals surface area contributed by atoms with E-state index in [-0.39, 0.29) is 28.9 Å². The molecule has 0 radical (unpaired) electrons. The number of nitrogens with zero attached hydrogens (tertiary/aromatic N) is 2. The SMILES string of the molecule is CCN(/C=C(/C#N)C(=O)NCCc1ccc(O)cc1)C1CCS(=O)(=O)C1. The average molecular weight is 377 g/mol. The molecule has 0 bridgehead atoms. The van der Waals surface area contributed by atoms with Crippen molar-refractivity contribution in [1.29, 1.82) is 5.26 Å². The molecule has 1 atom stereocenters. The van der Waals surface area contributed by atoms with Gasteiger partial charge in [-0.2, -0.15) is 5.26 Å². The lowest BCUT2D eigenvalue weighted by Gasteiger charge is -2.25. The fourth-order valence-electron chi connectivity index (χ4n) is 2.87. The third kappa shape index (κ3) is 5.49. The third-order valence-electron chi connectivity index (χ3n) is 4.34. The van der Waals surface area contributed by atoms with Crippen LogP contribution in [0.5, 0.6) is 5.75 Å². The van der Waals surface area contributed by atoms with E-state index in [9.17, 15) is 23.6 Å². The lowest BCUT2D eigenvalue weighted by Crippen LogP contribution is -2.34. The fourth-order valence-corrected chi connectivity index (χ4v) is 4.62. The zero-order valence-electron chi connectivity index (χ0n) is 14.7. The summed E-state index contributed by atoms with van der Waals surface area (Å²) in [6, 6.07) is 8.38. The van der Waals surface area contributed by atoms with Gasteiger partial charge in [0, 0.05) is 25.3 Å². The number of carbonyl (C=O) groups excluding carboxylic acids is 1. The van der Waals surface area contributed by atoms with E-state index in [0.29, 0.717) is 25.9 Å². The first-order chi connectivity index (χ1) is 12.3. The number of nitrogens with one attached hydrogen (secondary N) is 1. The van der Waals surface area contributed by atoms with Crippen molar-refractivity contribution in [3.8, 4) is 11.8 Å². The van der Waals surface area contributed by atoms with Crippen molar-refractivity contribution in [2.75, 3.05) is 24.6 Å². The van der Waals surface area contributed by atoms with Gasteiger partial charge in [0.1, 0.15) is 17.4 Å². The number of phenols is 1. The van der Waals surface area contributed by atoms with Crippen LogP contribution < -0.4 is 5.32 Å². The molecule has 1 unspecified atom stereocenters. The number of amides is 1. The van der Waals surface area contributed by atoms with E-state index in [1.807, 2.05) is 13.0 Å². The van der Waals surface area contributed by atoms with Crippen molar-refractivity contribution in [2.24, 2.45) is 0 Å². The molecule has 0 aromatic heterocycles. The molecule has 1 amide bonds. The number of hydrogen-bond acceptors (Lipinski definition) is 6. The van der Waals surface area contributed by atoms with Gasteiger partial charge in [-0.3, -0.25) is 4.79 Å². The van der Waals surface area contributed by atoms with E-state index in [2.05, 4.69) is 5.32 Å². The number of aromatic hydroxyl groups is 1. The topological polar surface area (TPSA) is 110 Å². The molecule has 2 rings (SSSR count). The van der Waals surface area contributed by atoms with Crippen LogP contribution >= 0.6 is 0 Å². The van der Waals surface area contributed by atoms with Crippen LogP contribution in [0, 0.1) is 11.3 Å². The number of phenolic OH excluding ortho intramolecular Hbond substituents is 1. The third-order valence-corrected chi connectivity index (χ3v) is 6.09. The van der Waals surface area contributed by atoms with Gasteiger partial charge in [0.25, 0.3) is 5.91 Å². The van der Waals surface area contributed by atoms with E-state index < -0.39 is 15.7 Å².